The average molecular weight is 408 g/mol. The lowest BCUT2D eigenvalue weighted by Crippen LogP contribution is -2.36. The summed E-state index contributed by atoms with van der Waals surface area (Å²) in [6.45, 7) is 1.48. The van der Waals surface area contributed by atoms with Gasteiger partial charge in [-0.25, -0.2) is 4.98 Å². The van der Waals surface area contributed by atoms with Crippen LogP contribution in [-0.4, -0.2) is 34.1 Å². The number of aromatic nitrogens is 2. The van der Waals surface area contributed by atoms with Crippen LogP contribution in [0, 0.1) is 5.92 Å². The largest absolute Gasteiger partial charge is 0.481 e. The first-order valence-corrected chi connectivity index (χ1v) is 9.63. The summed E-state index contributed by atoms with van der Waals surface area (Å²) in [6, 6.07) is 19.0. The van der Waals surface area contributed by atoms with E-state index in [1.165, 1.54) is 16.5 Å². The summed E-state index contributed by atoms with van der Waals surface area (Å²) in [5.41, 5.74) is 4.47. The minimum atomic E-state index is -0.684. The Morgan fingerprint density at radius 1 is 0.966 bits per heavy atom. The number of pyridine rings is 1. The molecule has 1 aliphatic rings. The van der Waals surface area contributed by atoms with Crippen molar-refractivity contribution in [3.63, 3.8) is 0 Å². The summed E-state index contributed by atoms with van der Waals surface area (Å²) in [5, 5.41) is 11.5. The van der Waals surface area contributed by atoms with Gasteiger partial charge in [-0.3, -0.25) is 4.79 Å². The molecule has 1 fully saturated rings. The highest BCUT2D eigenvalue weighted by Crippen LogP contribution is 2.29. The minimum absolute atomic E-state index is 0. The SMILES string of the molecule is Cl.O=C(O)C1CCN(c2ccc3cc(-c4ccc5[nH]ccc5c4)ccc3n2)CC1. The maximum Gasteiger partial charge on any atom is 0.306 e. The Morgan fingerprint density at radius 2 is 1.69 bits per heavy atom. The number of H-pyrrole nitrogens is 1. The van der Waals surface area contributed by atoms with Crippen molar-refractivity contribution in [3.8, 4) is 11.1 Å². The van der Waals surface area contributed by atoms with Gasteiger partial charge in [0.25, 0.3) is 0 Å². The maximum atomic E-state index is 11.1. The van der Waals surface area contributed by atoms with Crippen LogP contribution >= 0.6 is 12.4 Å². The molecule has 0 unspecified atom stereocenters. The highest BCUT2D eigenvalue weighted by Gasteiger charge is 2.25. The fourth-order valence-electron chi connectivity index (χ4n) is 4.06. The summed E-state index contributed by atoms with van der Waals surface area (Å²) < 4.78 is 0. The van der Waals surface area contributed by atoms with E-state index >= 15 is 0 Å². The van der Waals surface area contributed by atoms with Crippen molar-refractivity contribution >= 4 is 46.0 Å². The number of fused-ring (bicyclic) bond motifs is 2. The van der Waals surface area contributed by atoms with E-state index in [1.807, 2.05) is 12.3 Å². The Balaban J connectivity index is 0.00000205. The van der Waals surface area contributed by atoms with Crippen molar-refractivity contribution < 1.29 is 9.90 Å². The molecule has 29 heavy (non-hydrogen) atoms. The van der Waals surface area contributed by atoms with Crippen molar-refractivity contribution in [2.24, 2.45) is 5.92 Å². The molecule has 3 heterocycles. The van der Waals surface area contributed by atoms with E-state index in [4.69, 9.17) is 10.1 Å². The molecule has 1 saturated heterocycles. The molecule has 5 rings (SSSR count). The molecule has 0 amide bonds. The second-order valence-corrected chi connectivity index (χ2v) is 7.46. The molecule has 0 aliphatic carbocycles. The molecule has 0 spiro atoms. The molecule has 2 aromatic heterocycles. The van der Waals surface area contributed by atoms with Gasteiger partial charge < -0.3 is 15.0 Å². The van der Waals surface area contributed by atoms with E-state index in [2.05, 4.69) is 58.4 Å². The van der Waals surface area contributed by atoms with Gasteiger partial charge in [-0.15, -0.1) is 12.4 Å². The van der Waals surface area contributed by atoms with Gasteiger partial charge >= 0.3 is 5.97 Å². The van der Waals surface area contributed by atoms with Crippen LogP contribution in [0.5, 0.6) is 0 Å². The quantitative estimate of drug-likeness (QED) is 0.495. The maximum absolute atomic E-state index is 11.1. The van der Waals surface area contributed by atoms with Crippen LogP contribution in [0.15, 0.2) is 60.8 Å². The first kappa shape index (κ1) is 19.3. The predicted molar refractivity (Wildman–Crippen MR) is 119 cm³/mol. The number of nitrogens with one attached hydrogen (secondary N) is 1. The van der Waals surface area contributed by atoms with Gasteiger partial charge in [0.15, 0.2) is 0 Å². The molecular formula is C23H22ClN3O2. The number of rotatable bonds is 3. The lowest BCUT2D eigenvalue weighted by atomic mass is 9.97. The standard InChI is InChI=1S/C23H21N3O2.ClH/c27-23(28)15-8-11-26(12-9-15)22-6-3-18-13-17(2-5-21(18)25-22)16-1-4-20-19(14-16)7-10-24-20;/h1-7,10,13-15,24H,8-9,11-12H2,(H,27,28);1H. The zero-order valence-electron chi connectivity index (χ0n) is 15.8. The third-order valence-corrected chi connectivity index (χ3v) is 5.73. The van der Waals surface area contributed by atoms with Gasteiger partial charge in [-0.05, 0) is 71.8 Å². The Hall–Kier alpha value is -3.05. The van der Waals surface area contributed by atoms with Crippen molar-refractivity contribution in [2.45, 2.75) is 12.8 Å². The Morgan fingerprint density at radius 3 is 2.45 bits per heavy atom. The molecule has 0 saturated carbocycles. The molecule has 4 aromatic rings. The number of halogens is 1. The monoisotopic (exact) mass is 407 g/mol. The molecule has 148 valence electrons. The van der Waals surface area contributed by atoms with E-state index in [9.17, 15) is 4.79 Å². The van der Waals surface area contributed by atoms with E-state index in [0.29, 0.717) is 12.8 Å². The Kier molecular flexibility index (Phi) is 5.16. The third-order valence-electron chi connectivity index (χ3n) is 5.73. The molecule has 1 aliphatic heterocycles. The fourth-order valence-corrected chi connectivity index (χ4v) is 4.06. The summed E-state index contributed by atoms with van der Waals surface area (Å²) in [5.74, 6) is 0.0194. The molecule has 0 bridgehead atoms. The number of aliphatic carboxylic acids is 1. The zero-order valence-corrected chi connectivity index (χ0v) is 16.7. The lowest BCUT2D eigenvalue weighted by Gasteiger charge is -2.31. The third kappa shape index (κ3) is 3.66. The molecule has 0 radical (unpaired) electrons. The van der Waals surface area contributed by atoms with Crippen molar-refractivity contribution in [1.82, 2.24) is 9.97 Å². The number of piperidine rings is 1. The van der Waals surface area contributed by atoms with Crippen molar-refractivity contribution in [2.75, 3.05) is 18.0 Å². The van der Waals surface area contributed by atoms with Gasteiger partial charge in [-0.2, -0.15) is 0 Å². The number of nitrogens with zero attached hydrogens (tertiary/aromatic N) is 2. The number of carboxylic acid groups (broad SMARTS) is 1. The number of aromatic amines is 1. The Labute approximate surface area is 174 Å². The first-order chi connectivity index (χ1) is 13.7. The number of benzene rings is 2. The molecule has 6 heteroatoms. The second-order valence-electron chi connectivity index (χ2n) is 7.46. The van der Waals surface area contributed by atoms with Gasteiger partial charge in [0.2, 0.25) is 0 Å². The summed E-state index contributed by atoms with van der Waals surface area (Å²) in [7, 11) is 0. The van der Waals surface area contributed by atoms with Crippen LogP contribution in [0.25, 0.3) is 32.9 Å². The van der Waals surface area contributed by atoms with E-state index in [0.717, 1.165) is 35.3 Å². The van der Waals surface area contributed by atoms with E-state index in [1.54, 1.807) is 0 Å². The van der Waals surface area contributed by atoms with Gasteiger partial charge in [0, 0.05) is 30.2 Å². The van der Waals surface area contributed by atoms with Crippen LogP contribution in [-0.2, 0) is 4.79 Å². The van der Waals surface area contributed by atoms with Crippen LogP contribution in [0.1, 0.15) is 12.8 Å². The molecular weight excluding hydrogens is 386 g/mol. The predicted octanol–water partition coefficient (Wildman–Crippen LogP) is 5.11. The summed E-state index contributed by atoms with van der Waals surface area (Å²) >= 11 is 0. The van der Waals surface area contributed by atoms with Crippen LogP contribution in [0.2, 0.25) is 0 Å². The molecule has 2 aromatic carbocycles. The number of hydrogen-bond donors (Lipinski definition) is 2. The van der Waals surface area contributed by atoms with E-state index < -0.39 is 5.97 Å². The van der Waals surface area contributed by atoms with Gasteiger partial charge in [0.05, 0.1) is 11.4 Å². The topological polar surface area (TPSA) is 69.2 Å². The van der Waals surface area contributed by atoms with Crippen LogP contribution in [0.4, 0.5) is 5.82 Å². The minimum Gasteiger partial charge on any atom is -0.481 e. The lowest BCUT2D eigenvalue weighted by molar-refractivity contribution is -0.142. The number of carboxylic acids is 1. The fraction of sp³-hybridized carbons (Fsp3) is 0.217. The van der Waals surface area contributed by atoms with Crippen LogP contribution in [0.3, 0.4) is 0 Å². The summed E-state index contributed by atoms with van der Waals surface area (Å²) in [4.78, 5) is 21.4. The molecule has 0 atom stereocenters. The van der Waals surface area contributed by atoms with Crippen molar-refractivity contribution in [1.29, 1.82) is 0 Å². The first-order valence-electron chi connectivity index (χ1n) is 9.63. The number of hydrogen-bond acceptors (Lipinski definition) is 3. The average Bonchev–Trinajstić information content (AvgIpc) is 3.21. The van der Waals surface area contributed by atoms with Crippen LogP contribution < -0.4 is 4.90 Å². The number of carbonyl (C=O) groups is 1. The highest BCUT2D eigenvalue weighted by molar-refractivity contribution is 5.89. The summed E-state index contributed by atoms with van der Waals surface area (Å²) in [6.07, 6.45) is 3.31. The second kappa shape index (κ2) is 7.76. The highest BCUT2D eigenvalue weighted by atomic mass is 35.5. The van der Waals surface area contributed by atoms with Gasteiger partial charge in [-0.1, -0.05) is 12.1 Å². The molecule has 5 nitrogen and oxygen atoms in total. The van der Waals surface area contributed by atoms with Gasteiger partial charge in [0.1, 0.15) is 5.82 Å². The number of anilines is 1. The Bertz CT molecular complexity index is 1180. The zero-order chi connectivity index (χ0) is 19.1. The smallest absolute Gasteiger partial charge is 0.306 e. The van der Waals surface area contributed by atoms with E-state index in [-0.39, 0.29) is 18.3 Å². The normalized spacial score (nSPS) is 14.8. The van der Waals surface area contributed by atoms with Crippen molar-refractivity contribution in [3.05, 3.63) is 60.8 Å². The molecule has 2 N–H and O–H groups in total.